The Bertz CT molecular complexity index is 327. The lowest BCUT2D eigenvalue weighted by Crippen LogP contribution is -1.93. The highest BCUT2D eigenvalue weighted by molar-refractivity contribution is 6.69. The maximum absolute atomic E-state index is 12.5. The molecule has 0 aliphatic carbocycles. The predicted molar refractivity (Wildman–Crippen MR) is 40.5 cm³/mol. The zero-order chi connectivity index (χ0) is 9.14. The predicted octanol–water partition coefficient (Wildman–Crippen LogP) is 2.34. The van der Waals surface area contributed by atoms with Crippen molar-refractivity contribution in [1.29, 1.82) is 0 Å². The molecule has 0 spiro atoms. The van der Waals surface area contributed by atoms with Crippen molar-refractivity contribution in [2.24, 2.45) is 5.16 Å². The largest absolute Gasteiger partial charge is 0.410 e. The van der Waals surface area contributed by atoms with Gasteiger partial charge in [-0.2, -0.15) is 0 Å². The van der Waals surface area contributed by atoms with Crippen molar-refractivity contribution in [2.45, 2.75) is 0 Å². The fourth-order valence-corrected chi connectivity index (χ4v) is 0.800. The van der Waals surface area contributed by atoms with Gasteiger partial charge in [-0.25, -0.2) is 8.78 Å². The van der Waals surface area contributed by atoms with Gasteiger partial charge >= 0.3 is 0 Å². The van der Waals surface area contributed by atoms with Crippen LogP contribution in [0.4, 0.5) is 8.78 Å². The van der Waals surface area contributed by atoms with Gasteiger partial charge in [-0.15, -0.1) is 0 Å². The van der Waals surface area contributed by atoms with Gasteiger partial charge in [0.1, 0.15) is 0 Å². The Morgan fingerprint density at radius 1 is 1.33 bits per heavy atom. The maximum Gasteiger partial charge on any atom is 0.175 e. The molecule has 1 N–H and O–H groups in total. The third kappa shape index (κ3) is 1.71. The average Bonchev–Trinajstić information content (AvgIpc) is 2.08. The van der Waals surface area contributed by atoms with E-state index in [4.69, 9.17) is 16.8 Å². The van der Waals surface area contributed by atoms with Gasteiger partial charge in [0.25, 0.3) is 0 Å². The molecule has 0 fully saturated rings. The summed E-state index contributed by atoms with van der Waals surface area (Å²) in [6.07, 6.45) is 0. The molecule has 12 heavy (non-hydrogen) atoms. The van der Waals surface area contributed by atoms with E-state index in [-0.39, 0.29) is 10.7 Å². The Labute approximate surface area is 72.1 Å². The molecule has 1 rings (SSSR count). The van der Waals surface area contributed by atoms with Gasteiger partial charge in [0.15, 0.2) is 16.8 Å². The van der Waals surface area contributed by atoms with Gasteiger partial charge in [-0.05, 0) is 18.2 Å². The average molecular weight is 192 g/mol. The molecule has 1 aromatic rings. The minimum Gasteiger partial charge on any atom is -0.410 e. The van der Waals surface area contributed by atoms with Crippen molar-refractivity contribution in [2.75, 3.05) is 0 Å². The molecule has 64 valence electrons. The Kier molecular flexibility index (Phi) is 2.60. The maximum atomic E-state index is 12.5. The topological polar surface area (TPSA) is 32.6 Å². The van der Waals surface area contributed by atoms with E-state index in [2.05, 4.69) is 5.16 Å². The van der Waals surface area contributed by atoms with E-state index < -0.39 is 11.6 Å². The fraction of sp³-hybridized carbons (Fsp3) is 0. The monoisotopic (exact) mass is 191 g/mol. The molecule has 0 aromatic heterocycles. The lowest BCUT2D eigenvalue weighted by atomic mass is 10.2. The van der Waals surface area contributed by atoms with Crippen LogP contribution in [0.25, 0.3) is 0 Å². The molecule has 0 atom stereocenters. The van der Waals surface area contributed by atoms with E-state index in [1.807, 2.05) is 0 Å². The lowest BCUT2D eigenvalue weighted by Gasteiger charge is -1.96. The zero-order valence-electron chi connectivity index (χ0n) is 5.76. The third-order valence-electron chi connectivity index (χ3n) is 1.25. The molecule has 2 nitrogen and oxygen atoms in total. The van der Waals surface area contributed by atoms with Crippen LogP contribution in [0.3, 0.4) is 0 Å². The molecule has 0 saturated carbocycles. The summed E-state index contributed by atoms with van der Waals surface area (Å²) in [6, 6.07) is 2.95. The standard InChI is InChI=1S/C7H4ClF2NO/c8-7(11-12)4-1-2-5(9)6(10)3-4/h1-3,12H/b11-7+. The Hall–Kier alpha value is -1.16. The number of oxime groups is 1. The number of benzene rings is 1. The molecule has 5 heteroatoms. The smallest absolute Gasteiger partial charge is 0.175 e. The molecule has 1 aromatic carbocycles. The molecule has 0 aliphatic heterocycles. The van der Waals surface area contributed by atoms with Crippen LogP contribution in [0.1, 0.15) is 5.56 Å². The fourth-order valence-electron chi connectivity index (χ4n) is 0.682. The van der Waals surface area contributed by atoms with Gasteiger partial charge in [0.05, 0.1) is 0 Å². The molecule has 0 unspecified atom stereocenters. The van der Waals surface area contributed by atoms with E-state index in [1.165, 1.54) is 6.07 Å². The van der Waals surface area contributed by atoms with Crippen LogP contribution in [0, 0.1) is 11.6 Å². The van der Waals surface area contributed by atoms with Crippen LogP contribution in [-0.2, 0) is 0 Å². The second-order valence-corrected chi connectivity index (χ2v) is 2.38. The molecule has 0 heterocycles. The van der Waals surface area contributed by atoms with Crippen LogP contribution >= 0.6 is 11.6 Å². The Morgan fingerprint density at radius 3 is 2.50 bits per heavy atom. The van der Waals surface area contributed by atoms with Crippen molar-refractivity contribution >= 4 is 16.8 Å². The van der Waals surface area contributed by atoms with E-state index in [0.717, 1.165) is 12.1 Å². The van der Waals surface area contributed by atoms with E-state index in [9.17, 15) is 8.78 Å². The highest BCUT2D eigenvalue weighted by atomic mass is 35.5. The van der Waals surface area contributed by atoms with Crippen molar-refractivity contribution in [3.8, 4) is 0 Å². The second-order valence-electron chi connectivity index (χ2n) is 2.02. The molecule has 0 saturated heterocycles. The Morgan fingerprint density at radius 2 is 2.00 bits per heavy atom. The van der Waals surface area contributed by atoms with Crippen molar-refractivity contribution < 1.29 is 14.0 Å². The first kappa shape index (κ1) is 8.93. The summed E-state index contributed by atoms with van der Waals surface area (Å²) in [7, 11) is 0. The van der Waals surface area contributed by atoms with Gasteiger partial charge in [0.2, 0.25) is 0 Å². The number of hydrogen-bond donors (Lipinski definition) is 1. The third-order valence-corrected chi connectivity index (χ3v) is 1.54. The summed E-state index contributed by atoms with van der Waals surface area (Å²) in [4.78, 5) is 0. The highest BCUT2D eigenvalue weighted by Crippen LogP contribution is 2.10. The first-order valence-corrected chi connectivity index (χ1v) is 3.36. The number of rotatable bonds is 1. The molecular formula is C7H4ClF2NO. The first-order valence-electron chi connectivity index (χ1n) is 2.98. The van der Waals surface area contributed by atoms with Gasteiger partial charge in [-0.3, -0.25) is 0 Å². The summed E-state index contributed by atoms with van der Waals surface area (Å²) in [5.74, 6) is -2.00. The quantitative estimate of drug-likeness (QED) is 0.413. The van der Waals surface area contributed by atoms with Gasteiger partial charge < -0.3 is 5.21 Å². The lowest BCUT2D eigenvalue weighted by molar-refractivity contribution is 0.321. The van der Waals surface area contributed by atoms with Crippen LogP contribution in [-0.4, -0.2) is 10.4 Å². The van der Waals surface area contributed by atoms with Crippen LogP contribution in [0.2, 0.25) is 0 Å². The SMILES string of the molecule is O/N=C(/Cl)c1ccc(F)c(F)c1. The van der Waals surface area contributed by atoms with Gasteiger partial charge in [-0.1, -0.05) is 16.8 Å². The molecule has 0 amide bonds. The number of hydrogen-bond acceptors (Lipinski definition) is 2. The van der Waals surface area contributed by atoms with Crippen LogP contribution in [0.15, 0.2) is 23.4 Å². The zero-order valence-corrected chi connectivity index (χ0v) is 6.52. The minimum atomic E-state index is -1.03. The van der Waals surface area contributed by atoms with Crippen molar-refractivity contribution in [3.63, 3.8) is 0 Å². The summed E-state index contributed by atoms with van der Waals surface area (Å²) < 4.78 is 24.9. The molecule has 0 aliphatic rings. The van der Waals surface area contributed by atoms with Gasteiger partial charge in [0, 0.05) is 5.56 Å². The van der Waals surface area contributed by atoms with Crippen molar-refractivity contribution in [3.05, 3.63) is 35.4 Å². The van der Waals surface area contributed by atoms with Crippen LogP contribution < -0.4 is 0 Å². The van der Waals surface area contributed by atoms with Crippen molar-refractivity contribution in [1.82, 2.24) is 0 Å². The van der Waals surface area contributed by atoms with E-state index >= 15 is 0 Å². The van der Waals surface area contributed by atoms with E-state index in [0.29, 0.717) is 0 Å². The summed E-state index contributed by atoms with van der Waals surface area (Å²) in [5.41, 5.74) is 0.123. The highest BCUT2D eigenvalue weighted by Gasteiger charge is 2.05. The Balaban J connectivity index is 3.13. The van der Waals surface area contributed by atoms with Crippen LogP contribution in [0.5, 0.6) is 0 Å². The summed E-state index contributed by atoms with van der Waals surface area (Å²) >= 11 is 5.33. The first-order chi connectivity index (χ1) is 5.65. The second kappa shape index (κ2) is 3.49. The summed E-state index contributed by atoms with van der Waals surface area (Å²) in [6.45, 7) is 0. The normalized spacial score (nSPS) is 11.8. The minimum absolute atomic E-state index is 0.123. The molecular weight excluding hydrogens is 188 g/mol. The molecule has 0 bridgehead atoms. The summed E-state index contributed by atoms with van der Waals surface area (Å²) in [5, 5.41) is 10.5. The van der Waals surface area contributed by atoms with E-state index in [1.54, 1.807) is 0 Å². The molecule has 0 radical (unpaired) electrons. The number of nitrogens with zero attached hydrogens (tertiary/aromatic N) is 1. The number of halogens is 3.